The number of hydrazone groups is 1. The van der Waals surface area contributed by atoms with Gasteiger partial charge in [-0.1, -0.05) is 91.0 Å². The third-order valence-corrected chi connectivity index (χ3v) is 6.81. The van der Waals surface area contributed by atoms with E-state index in [-0.39, 0.29) is 0 Å². The maximum atomic E-state index is 10.3. The monoisotopic (exact) mass is 553 g/mol. The second kappa shape index (κ2) is 12.8. The van der Waals surface area contributed by atoms with Gasteiger partial charge in [0.15, 0.2) is 5.82 Å². The van der Waals surface area contributed by atoms with Crippen LogP contribution in [0.2, 0.25) is 0 Å². The van der Waals surface area contributed by atoms with Crippen LogP contribution in [-0.2, 0) is 6.54 Å². The number of hydrogen-bond acceptors (Lipinski definition) is 9. The van der Waals surface area contributed by atoms with E-state index in [4.69, 9.17) is 5.11 Å². The molecule has 6 N–H and O–H groups in total. The highest BCUT2D eigenvalue weighted by Crippen LogP contribution is 2.43. The summed E-state index contributed by atoms with van der Waals surface area (Å²) in [4.78, 5) is 9.13. The van der Waals surface area contributed by atoms with Gasteiger partial charge in [0, 0.05) is 12.1 Å². The SMILES string of the molecule is OC[C@@H](O)[C@@H](O)[C@H](O)[C@@H](O)/C=N/Nc1ncnc2c1c(-c1ccccc1)c(-c1ccccc1)n2Cc1ccccc1. The predicted molar refractivity (Wildman–Crippen MR) is 157 cm³/mol. The summed E-state index contributed by atoms with van der Waals surface area (Å²) in [7, 11) is 0. The summed E-state index contributed by atoms with van der Waals surface area (Å²) in [5, 5.41) is 53.7. The topological polar surface area (TPSA) is 156 Å². The lowest BCUT2D eigenvalue weighted by molar-refractivity contribution is -0.0999. The third kappa shape index (κ3) is 6.02. The second-order valence-corrected chi connectivity index (χ2v) is 9.56. The van der Waals surface area contributed by atoms with Crippen molar-refractivity contribution in [3.8, 4) is 22.4 Å². The molecule has 2 aromatic heterocycles. The molecule has 2 heterocycles. The maximum Gasteiger partial charge on any atom is 0.159 e. The Morgan fingerprint density at radius 1 is 0.780 bits per heavy atom. The summed E-state index contributed by atoms with van der Waals surface area (Å²) in [5.41, 5.74) is 8.39. The Bertz CT molecular complexity index is 1600. The average Bonchev–Trinajstić information content (AvgIpc) is 3.35. The fraction of sp³-hybridized carbons (Fsp3) is 0.194. The van der Waals surface area contributed by atoms with Crippen molar-refractivity contribution in [2.24, 2.45) is 5.10 Å². The number of aliphatic hydroxyl groups is 5. The van der Waals surface area contributed by atoms with E-state index in [0.717, 1.165) is 34.2 Å². The number of aromatic nitrogens is 3. The lowest BCUT2D eigenvalue weighted by atomic mass is 9.99. The zero-order chi connectivity index (χ0) is 28.8. The second-order valence-electron chi connectivity index (χ2n) is 9.56. The summed E-state index contributed by atoms with van der Waals surface area (Å²) in [6.07, 6.45) is -4.36. The Balaban J connectivity index is 1.64. The molecule has 0 saturated heterocycles. The molecule has 5 aromatic rings. The molecular weight excluding hydrogens is 522 g/mol. The number of nitrogens with zero attached hydrogens (tertiary/aromatic N) is 4. The molecule has 0 aliphatic heterocycles. The van der Waals surface area contributed by atoms with Crippen LogP contribution in [0.3, 0.4) is 0 Å². The molecule has 0 fully saturated rings. The summed E-state index contributed by atoms with van der Waals surface area (Å²) in [6, 6.07) is 30.0. The molecule has 10 nitrogen and oxygen atoms in total. The normalized spacial score (nSPS) is 14.7. The van der Waals surface area contributed by atoms with Crippen LogP contribution in [0.4, 0.5) is 5.82 Å². The van der Waals surface area contributed by atoms with Gasteiger partial charge in [-0.05, 0) is 16.7 Å². The molecule has 0 radical (unpaired) electrons. The molecule has 210 valence electrons. The lowest BCUT2D eigenvalue weighted by Gasteiger charge is -2.23. The Hall–Kier alpha value is -4.45. The van der Waals surface area contributed by atoms with Crippen LogP contribution in [0.5, 0.6) is 0 Å². The predicted octanol–water partition coefficient (Wildman–Crippen LogP) is 2.65. The highest BCUT2D eigenvalue weighted by atomic mass is 16.4. The van der Waals surface area contributed by atoms with Gasteiger partial charge in [-0.25, -0.2) is 9.97 Å². The first-order chi connectivity index (χ1) is 20.0. The zero-order valence-electron chi connectivity index (χ0n) is 22.1. The van der Waals surface area contributed by atoms with E-state index in [2.05, 4.69) is 37.2 Å². The molecule has 0 unspecified atom stereocenters. The molecule has 0 aliphatic carbocycles. The van der Waals surface area contributed by atoms with Gasteiger partial charge in [-0.2, -0.15) is 5.10 Å². The van der Waals surface area contributed by atoms with E-state index in [1.807, 2.05) is 78.9 Å². The van der Waals surface area contributed by atoms with Crippen LogP contribution >= 0.6 is 0 Å². The van der Waals surface area contributed by atoms with E-state index in [0.29, 0.717) is 23.4 Å². The van der Waals surface area contributed by atoms with Crippen molar-refractivity contribution in [1.82, 2.24) is 14.5 Å². The highest BCUT2D eigenvalue weighted by Gasteiger charge is 2.29. The minimum Gasteiger partial charge on any atom is -0.394 e. The first kappa shape index (κ1) is 28.1. The van der Waals surface area contributed by atoms with Crippen molar-refractivity contribution in [1.29, 1.82) is 0 Å². The van der Waals surface area contributed by atoms with Crippen LogP contribution in [0, 0.1) is 0 Å². The van der Waals surface area contributed by atoms with Crippen LogP contribution in [0.15, 0.2) is 102 Å². The van der Waals surface area contributed by atoms with Gasteiger partial charge >= 0.3 is 0 Å². The largest absolute Gasteiger partial charge is 0.394 e. The minimum absolute atomic E-state index is 0.367. The molecular formula is C31H31N5O5. The van der Waals surface area contributed by atoms with Gasteiger partial charge < -0.3 is 30.1 Å². The van der Waals surface area contributed by atoms with Gasteiger partial charge in [0.25, 0.3) is 0 Å². The Morgan fingerprint density at radius 3 is 2.02 bits per heavy atom. The molecule has 0 spiro atoms. The number of fused-ring (bicyclic) bond motifs is 1. The fourth-order valence-corrected chi connectivity index (χ4v) is 4.76. The first-order valence-electron chi connectivity index (χ1n) is 13.1. The first-order valence-corrected chi connectivity index (χ1v) is 13.1. The zero-order valence-corrected chi connectivity index (χ0v) is 22.1. The molecule has 5 rings (SSSR count). The number of anilines is 1. The van der Waals surface area contributed by atoms with E-state index >= 15 is 0 Å². The lowest BCUT2D eigenvalue weighted by Crippen LogP contribution is -2.46. The molecule has 0 bridgehead atoms. The summed E-state index contributed by atoms with van der Waals surface area (Å²) < 4.78 is 2.14. The molecule has 0 amide bonds. The van der Waals surface area contributed by atoms with E-state index in [9.17, 15) is 20.4 Å². The van der Waals surface area contributed by atoms with Crippen LogP contribution in [0.25, 0.3) is 33.4 Å². The maximum absolute atomic E-state index is 10.3. The van der Waals surface area contributed by atoms with Crippen molar-refractivity contribution in [3.05, 3.63) is 103 Å². The molecule has 0 saturated carbocycles. The number of nitrogens with one attached hydrogen (secondary N) is 1. The van der Waals surface area contributed by atoms with Gasteiger partial charge in [0.1, 0.15) is 36.4 Å². The summed E-state index contributed by atoms with van der Waals surface area (Å²) >= 11 is 0. The molecule has 41 heavy (non-hydrogen) atoms. The van der Waals surface area contributed by atoms with E-state index in [1.54, 1.807) is 0 Å². The molecule has 10 heteroatoms. The van der Waals surface area contributed by atoms with Crippen molar-refractivity contribution in [3.63, 3.8) is 0 Å². The van der Waals surface area contributed by atoms with Gasteiger partial charge in [-0.15, -0.1) is 0 Å². The van der Waals surface area contributed by atoms with Crippen molar-refractivity contribution >= 4 is 23.1 Å². The highest BCUT2D eigenvalue weighted by molar-refractivity contribution is 6.08. The third-order valence-electron chi connectivity index (χ3n) is 6.81. The van der Waals surface area contributed by atoms with Gasteiger partial charge in [0.2, 0.25) is 0 Å². The standard InChI is InChI=1S/C31H31N5O5/c37-18-24(39)29(41)28(40)23(38)16-34-35-30-26-25(21-12-6-2-7-13-21)27(22-14-8-3-9-15-22)36(31(26)33-19-32-30)17-20-10-4-1-5-11-20/h1-16,19,23-24,28-29,37-41H,17-18H2,(H,32,33,35)/b34-16+/t23-,24+,28+,29+/m0/s1. The van der Waals surface area contributed by atoms with Crippen molar-refractivity contribution in [2.45, 2.75) is 31.0 Å². The van der Waals surface area contributed by atoms with E-state index in [1.165, 1.54) is 6.33 Å². The number of rotatable bonds is 11. The molecule has 0 aliphatic rings. The molecule has 3 aromatic carbocycles. The Kier molecular flexibility index (Phi) is 8.78. The van der Waals surface area contributed by atoms with Crippen molar-refractivity contribution in [2.75, 3.05) is 12.0 Å². The number of aliphatic hydroxyl groups excluding tert-OH is 5. The minimum atomic E-state index is -1.77. The number of benzene rings is 3. The Labute approximate surface area is 236 Å². The Morgan fingerprint density at radius 2 is 1.39 bits per heavy atom. The average molecular weight is 554 g/mol. The van der Waals surface area contributed by atoms with Crippen LogP contribution in [0.1, 0.15) is 5.56 Å². The van der Waals surface area contributed by atoms with Gasteiger partial charge in [-0.3, -0.25) is 5.43 Å². The summed E-state index contributed by atoms with van der Waals surface area (Å²) in [6.45, 7) is -0.227. The van der Waals surface area contributed by atoms with E-state index < -0.39 is 31.0 Å². The number of hydrogen-bond donors (Lipinski definition) is 6. The smallest absolute Gasteiger partial charge is 0.159 e. The quantitative estimate of drug-likeness (QED) is 0.108. The van der Waals surface area contributed by atoms with Crippen LogP contribution < -0.4 is 5.43 Å². The van der Waals surface area contributed by atoms with Crippen LogP contribution in [-0.4, -0.2) is 77.3 Å². The molecule has 4 atom stereocenters. The fourth-order valence-electron chi connectivity index (χ4n) is 4.76. The summed E-state index contributed by atoms with van der Waals surface area (Å²) in [5.74, 6) is 0.367. The van der Waals surface area contributed by atoms with Crippen molar-refractivity contribution < 1.29 is 25.5 Å². The van der Waals surface area contributed by atoms with Gasteiger partial charge in [0.05, 0.1) is 23.9 Å².